The van der Waals surface area contributed by atoms with E-state index in [2.05, 4.69) is 15.5 Å². The number of ether oxygens (including phenoxy) is 2. The van der Waals surface area contributed by atoms with E-state index in [1.807, 2.05) is 18.2 Å². The molecule has 27 heavy (non-hydrogen) atoms. The number of rotatable bonds is 7. The Bertz CT molecular complexity index is 995. The number of carbonyl (C=O) groups is 1. The van der Waals surface area contributed by atoms with Crippen molar-refractivity contribution in [1.29, 1.82) is 0 Å². The minimum Gasteiger partial charge on any atom is -0.496 e. The van der Waals surface area contributed by atoms with Crippen LogP contribution in [0.2, 0.25) is 0 Å². The second kappa shape index (κ2) is 8.17. The summed E-state index contributed by atoms with van der Waals surface area (Å²) in [7, 11) is 1.56. The van der Waals surface area contributed by atoms with Crippen LogP contribution in [-0.2, 0) is 13.2 Å². The highest BCUT2D eigenvalue weighted by atomic mass is 16.5. The van der Waals surface area contributed by atoms with E-state index in [9.17, 15) is 9.59 Å². The molecular formula is C18H17N3O6. The highest BCUT2D eigenvalue weighted by Gasteiger charge is 2.17. The molecular weight excluding hydrogens is 354 g/mol. The van der Waals surface area contributed by atoms with Gasteiger partial charge in [0.05, 0.1) is 13.4 Å². The lowest BCUT2D eigenvalue weighted by Gasteiger charge is -2.07. The Labute approximate surface area is 153 Å². The minimum absolute atomic E-state index is 0.0597. The molecule has 9 heteroatoms. The highest BCUT2D eigenvalue weighted by Crippen LogP contribution is 2.17. The van der Waals surface area contributed by atoms with Gasteiger partial charge in [0.15, 0.2) is 6.61 Å². The van der Waals surface area contributed by atoms with Crippen molar-refractivity contribution in [2.75, 3.05) is 7.11 Å². The molecule has 1 amide bonds. The van der Waals surface area contributed by atoms with Crippen molar-refractivity contribution in [2.24, 2.45) is 0 Å². The molecule has 3 rings (SSSR count). The van der Waals surface area contributed by atoms with E-state index in [1.165, 1.54) is 12.3 Å². The molecule has 2 heterocycles. The van der Waals surface area contributed by atoms with Gasteiger partial charge >= 0.3 is 11.8 Å². The Morgan fingerprint density at radius 3 is 2.85 bits per heavy atom. The summed E-state index contributed by atoms with van der Waals surface area (Å²) >= 11 is 0. The number of hydrogen-bond donors (Lipinski definition) is 1. The standard InChI is InChI=1S/C18H17N3O6/c1-11-16(13(22)7-8-25-11)26-10-15-20-18(27-21-15)17(23)19-9-12-5-3-4-6-14(12)24-2/h3-8H,9-10H2,1-2H3,(H,19,23). The molecule has 1 aromatic carbocycles. The summed E-state index contributed by atoms with van der Waals surface area (Å²) in [5.74, 6) is 0.440. The first-order valence-corrected chi connectivity index (χ1v) is 8.02. The lowest BCUT2D eigenvalue weighted by Crippen LogP contribution is -2.23. The molecule has 0 aliphatic carbocycles. The van der Waals surface area contributed by atoms with Crippen molar-refractivity contribution in [2.45, 2.75) is 20.1 Å². The Morgan fingerprint density at radius 1 is 1.26 bits per heavy atom. The van der Waals surface area contributed by atoms with Crippen LogP contribution in [0.3, 0.4) is 0 Å². The molecule has 0 radical (unpaired) electrons. The number of nitrogens with one attached hydrogen (secondary N) is 1. The van der Waals surface area contributed by atoms with Crippen LogP contribution in [0.25, 0.3) is 0 Å². The molecule has 0 aliphatic rings. The van der Waals surface area contributed by atoms with Crippen molar-refractivity contribution in [3.8, 4) is 11.5 Å². The number of nitrogens with zero attached hydrogens (tertiary/aromatic N) is 2. The summed E-state index contributed by atoms with van der Waals surface area (Å²) in [6.07, 6.45) is 1.28. The summed E-state index contributed by atoms with van der Waals surface area (Å²) in [4.78, 5) is 27.8. The van der Waals surface area contributed by atoms with Crippen LogP contribution >= 0.6 is 0 Å². The summed E-state index contributed by atoms with van der Waals surface area (Å²) < 4.78 is 20.6. The molecule has 1 N–H and O–H groups in total. The summed E-state index contributed by atoms with van der Waals surface area (Å²) in [5, 5.41) is 6.35. The second-order valence-electron chi connectivity index (χ2n) is 5.47. The average Bonchev–Trinajstić information content (AvgIpc) is 3.15. The maximum Gasteiger partial charge on any atom is 0.316 e. The van der Waals surface area contributed by atoms with Gasteiger partial charge in [-0.25, -0.2) is 0 Å². The van der Waals surface area contributed by atoms with Gasteiger partial charge in [0.25, 0.3) is 0 Å². The van der Waals surface area contributed by atoms with Crippen molar-refractivity contribution in [3.05, 3.63) is 69.9 Å². The first kappa shape index (κ1) is 18.2. The number of benzene rings is 1. The molecule has 0 saturated heterocycles. The van der Waals surface area contributed by atoms with E-state index in [0.717, 1.165) is 5.56 Å². The maximum absolute atomic E-state index is 12.2. The number of aryl methyl sites for hydroxylation is 1. The molecule has 0 fully saturated rings. The predicted octanol–water partition coefficient (Wildman–Crippen LogP) is 1.85. The van der Waals surface area contributed by atoms with Crippen LogP contribution in [0.4, 0.5) is 0 Å². The first-order valence-electron chi connectivity index (χ1n) is 8.02. The van der Waals surface area contributed by atoms with Gasteiger partial charge in [-0.05, 0) is 13.0 Å². The second-order valence-corrected chi connectivity index (χ2v) is 5.47. The van der Waals surface area contributed by atoms with Gasteiger partial charge in [-0.2, -0.15) is 4.98 Å². The number of para-hydroxylation sites is 1. The van der Waals surface area contributed by atoms with Crippen LogP contribution in [-0.4, -0.2) is 23.2 Å². The van der Waals surface area contributed by atoms with Crippen LogP contribution in [0, 0.1) is 6.92 Å². The first-order chi connectivity index (χ1) is 13.1. The zero-order chi connectivity index (χ0) is 19.2. The minimum atomic E-state index is -0.532. The van der Waals surface area contributed by atoms with E-state index < -0.39 is 5.91 Å². The Hall–Kier alpha value is -3.62. The predicted molar refractivity (Wildman–Crippen MR) is 92.5 cm³/mol. The maximum atomic E-state index is 12.2. The lowest BCUT2D eigenvalue weighted by molar-refractivity contribution is 0.0906. The van der Waals surface area contributed by atoms with Crippen molar-refractivity contribution in [1.82, 2.24) is 15.5 Å². The third-order valence-corrected chi connectivity index (χ3v) is 3.65. The van der Waals surface area contributed by atoms with Gasteiger partial charge in [-0.15, -0.1) is 0 Å². The quantitative estimate of drug-likeness (QED) is 0.669. The van der Waals surface area contributed by atoms with Gasteiger partial charge in [0.2, 0.25) is 17.0 Å². The van der Waals surface area contributed by atoms with Crippen LogP contribution in [0.5, 0.6) is 11.5 Å². The monoisotopic (exact) mass is 371 g/mol. The van der Waals surface area contributed by atoms with Gasteiger partial charge in [0, 0.05) is 18.2 Å². The number of hydrogen-bond acceptors (Lipinski definition) is 8. The van der Waals surface area contributed by atoms with Gasteiger partial charge in [0.1, 0.15) is 11.5 Å². The molecule has 9 nitrogen and oxygen atoms in total. The van der Waals surface area contributed by atoms with Crippen molar-refractivity contribution < 1.29 is 23.2 Å². The molecule has 0 atom stereocenters. The smallest absolute Gasteiger partial charge is 0.316 e. The number of carbonyl (C=O) groups excluding carboxylic acids is 1. The summed E-state index contributed by atoms with van der Waals surface area (Å²) in [6.45, 7) is 1.70. The molecule has 0 unspecified atom stereocenters. The Balaban J connectivity index is 1.60. The Kier molecular flexibility index (Phi) is 5.50. The molecule has 0 bridgehead atoms. The normalized spacial score (nSPS) is 10.4. The fourth-order valence-corrected chi connectivity index (χ4v) is 2.32. The van der Waals surface area contributed by atoms with Crippen LogP contribution in [0.1, 0.15) is 27.8 Å². The number of amides is 1. The third-order valence-electron chi connectivity index (χ3n) is 3.65. The fourth-order valence-electron chi connectivity index (χ4n) is 2.32. The van der Waals surface area contributed by atoms with Gasteiger partial charge in [-0.3, -0.25) is 9.59 Å². The van der Waals surface area contributed by atoms with E-state index in [4.69, 9.17) is 18.4 Å². The number of aromatic nitrogens is 2. The van der Waals surface area contributed by atoms with E-state index in [0.29, 0.717) is 11.5 Å². The zero-order valence-electron chi connectivity index (χ0n) is 14.7. The highest BCUT2D eigenvalue weighted by molar-refractivity contribution is 5.89. The third kappa shape index (κ3) is 4.32. The van der Waals surface area contributed by atoms with Crippen molar-refractivity contribution in [3.63, 3.8) is 0 Å². The van der Waals surface area contributed by atoms with Crippen LogP contribution in [0.15, 0.2) is 50.3 Å². The largest absolute Gasteiger partial charge is 0.496 e. The average molecular weight is 371 g/mol. The topological polar surface area (TPSA) is 117 Å². The molecule has 0 saturated carbocycles. The number of methoxy groups -OCH3 is 1. The fraction of sp³-hybridized carbons (Fsp3) is 0.222. The Morgan fingerprint density at radius 2 is 2.07 bits per heavy atom. The van der Waals surface area contributed by atoms with E-state index >= 15 is 0 Å². The van der Waals surface area contributed by atoms with E-state index in [1.54, 1.807) is 20.1 Å². The molecule has 0 spiro atoms. The van der Waals surface area contributed by atoms with Crippen LogP contribution < -0.4 is 20.2 Å². The van der Waals surface area contributed by atoms with Crippen molar-refractivity contribution >= 4 is 5.91 Å². The molecule has 3 aromatic rings. The van der Waals surface area contributed by atoms with E-state index in [-0.39, 0.29) is 36.0 Å². The van der Waals surface area contributed by atoms with Gasteiger partial charge in [-0.1, -0.05) is 23.4 Å². The summed E-state index contributed by atoms with van der Waals surface area (Å²) in [5.41, 5.74) is 0.486. The molecule has 140 valence electrons. The van der Waals surface area contributed by atoms with Gasteiger partial charge < -0.3 is 23.7 Å². The lowest BCUT2D eigenvalue weighted by atomic mass is 10.2. The molecule has 2 aromatic heterocycles. The SMILES string of the molecule is COc1ccccc1CNC(=O)c1nc(COc2c(C)occc2=O)no1. The summed E-state index contributed by atoms with van der Waals surface area (Å²) in [6, 6.07) is 8.55. The zero-order valence-corrected chi connectivity index (χ0v) is 14.7. The molecule has 0 aliphatic heterocycles.